The normalized spacial score (nSPS) is 15.3. The molecule has 0 rings (SSSR count). The summed E-state index contributed by atoms with van der Waals surface area (Å²) in [6.07, 6.45) is 3.40. The molecule has 0 amide bonds. The summed E-state index contributed by atoms with van der Waals surface area (Å²) in [5.41, 5.74) is 0. The smallest absolute Gasteiger partial charge is 0.356 e. The molecule has 0 fully saturated rings. The highest BCUT2D eigenvalue weighted by molar-refractivity contribution is 7.53. The van der Waals surface area contributed by atoms with Crippen molar-refractivity contribution in [2.75, 3.05) is 0 Å². The predicted molar refractivity (Wildman–Crippen MR) is 67.2 cm³/mol. The van der Waals surface area contributed by atoms with Crippen molar-refractivity contribution in [3.8, 4) is 0 Å². The number of hydrogen-bond acceptors (Lipinski definition) is 3. The van der Waals surface area contributed by atoms with Crippen LogP contribution >= 0.6 is 7.60 Å². The van der Waals surface area contributed by atoms with E-state index in [4.69, 9.17) is 14.9 Å². The fourth-order valence-electron chi connectivity index (χ4n) is 1.74. The lowest BCUT2D eigenvalue weighted by Gasteiger charge is -2.28. The summed E-state index contributed by atoms with van der Waals surface area (Å²) >= 11 is 0. The van der Waals surface area contributed by atoms with Crippen molar-refractivity contribution in [1.29, 1.82) is 0 Å². The van der Waals surface area contributed by atoms with Gasteiger partial charge in [0.1, 0.15) is 0 Å². The van der Waals surface area contributed by atoms with Gasteiger partial charge in [0.15, 0.2) is 5.34 Å². The van der Waals surface area contributed by atoms with Gasteiger partial charge in [0.05, 0.1) is 0 Å². The predicted octanol–water partition coefficient (Wildman–Crippen LogP) is 2.08. The minimum Gasteiger partial charge on any atom is -0.481 e. The standard InChI is InChI=1S/C11H23O6P/c1-2-3-4-5-6-8-11(14,18(15,16)17)9-7-10(12)13/h14H,2-9H2,1H3,(H,12,13)(H2,15,16,17). The Hall–Kier alpha value is -0.420. The van der Waals surface area contributed by atoms with Crippen LogP contribution in [-0.2, 0) is 9.36 Å². The third-order valence-corrected chi connectivity index (χ3v) is 4.49. The number of aliphatic hydroxyl groups is 1. The van der Waals surface area contributed by atoms with Crippen molar-refractivity contribution < 1.29 is 29.4 Å². The fraction of sp³-hybridized carbons (Fsp3) is 0.909. The fourth-order valence-corrected chi connectivity index (χ4v) is 2.59. The minimum absolute atomic E-state index is 0.0612. The molecule has 0 spiro atoms. The van der Waals surface area contributed by atoms with E-state index in [9.17, 15) is 14.5 Å². The lowest BCUT2D eigenvalue weighted by Crippen LogP contribution is -2.29. The molecule has 0 aromatic heterocycles. The lowest BCUT2D eigenvalue weighted by atomic mass is 10.0. The van der Waals surface area contributed by atoms with Gasteiger partial charge in [-0.2, -0.15) is 0 Å². The van der Waals surface area contributed by atoms with Crippen LogP contribution in [0.5, 0.6) is 0 Å². The third-order valence-electron chi connectivity index (χ3n) is 2.96. The van der Waals surface area contributed by atoms with Gasteiger partial charge >= 0.3 is 13.6 Å². The Morgan fingerprint density at radius 1 is 1.11 bits per heavy atom. The average molecular weight is 282 g/mol. The van der Waals surface area contributed by atoms with Crippen LogP contribution in [0.3, 0.4) is 0 Å². The third kappa shape index (κ3) is 6.50. The highest BCUT2D eigenvalue weighted by atomic mass is 31.2. The van der Waals surface area contributed by atoms with Gasteiger partial charge in [-0.15, -0.1) is 0 Å². The second kappa shape index (κ2) is 7.89. The van der Waals surface area contributed by atoms with E-state index in [1.54, 1.807) is 0 Å². The average Bonchev–Trinajstić information content (AvgIpc) is 2.24. The topological polar surface area (TPSA) is 115 Å². The summed E-state index contributed by atoms with van der Waals surface area (Å²) in [7, 11) is -4.71. The molecule has 0 aliphatic heterocycles. The maximum atomic E-state index is 11.2. The summed E-state index contributed by atoms with van der Waals surface area (Å²) < 4.78 is 11.2. The summed E-state index contributed by atoms with van der Waals surface area (Å²) in [5, 5.41) is 16.2. The monoisotopic (exact) mass is 282 g/mol. The SMILES string of the molecule is CCCCCCCC(O)(CCC(=O)O)P(=O)(O)O. The molecular formula is C11H23O6P. The zero-order valence-electron chi connectivity index (χ0n) is 10.7. The number of aliphatic carboxylic acids is 1. The van der Waals surface area contributed by atoms with Crippen LogP contribution in [0.25, 0.3) is 0 Å². The second-order valence-electron chi connectivity index (χ2n) is 4.58. The largest absolute Gasteiger partial charge is 0.481 e. The van der Waals surface area contributed by atoms with Gasteiger partial charge in [-0.1, -0.05) is 32.6 Å². The Balaban J connectivity index is 4.31. The van der Waals surface area contributed by atoms with Crippen LogP contribution < -0.4 is 0 Å². The molecule has 7 heteroatoms. The summed E-state index contributed by atoms with van der Waals surface area (Å²) in [6.45, 7) is 2.05. The molecule has 0 aromatic rings. The van der Waals surface area contributed by atoms with Crippen LogP contribution in [0, 0.1) is 0 Å². The molecule has 0 bridgehead atoms. The first-order chi connectivity index (χ1) is 8.23. The molecule has 0 aromatic carbocycles. The molecular weight excluding hydrogens is 259 g/mol. The van der Waals surface area contributed by atoms with Crippen molar-refractivity contribution >= 4 is 13.6 Å². The van der Waals surface area contributed by atoms with E-state index in [2.05, 4.69) is 6.92 Å². The number of unbranched alkanes of at least 4 members (excludes halogenated alkanes) is 4. The maximum Gasteiger partial charge on any atom is 0.356 e. The van der Waals surface area contributed by atoms with Gasteiger partial charge in [-0.25, -0.2) is 0 Å². The first-order valence-electron chi connectivity index (χ1n) is 6.23. The van der Waals surface area contributed by atoms with Crippen LogP contribution in [0.2, 0.25) is 0 Å². The highest BCUT2D eigenvalue weighted by Crippen LogP contribution is 2.53. The molecule has 1 unspecified atom stereocenters. The number of carbonyl (C=O) groups is 1. The van der Waals surface area contributed by atoms with Crippen molar-refractivity contribution in [2.24, 2.45) is 0 Å². The van der Waals surface area contributed by atoms with E-state index in [-0.39, 0.29) is 6.42 Å². The Kier molecular flexibility index (Phi) is 7.71. The zero-order valence-corrected chi connectivity index (χ0v) is 11.6. The maximum absolute atomic E-state index is 11.2. The highest BCUT2D eigenvalue weighted by Gasteiger charge is 2.44. The van der Waals surface area contributed by atoms with Gasteiger partial charge in [-0.05, 0) is 19.3 Å². The van der Waals surface area contributed by atoms with Crippen LogP contribution in [0.4, 0.5) is 0 Å². The van der Waals surface area contributed by atoms with E-state index in [0.29, 0.717) is 6.42 Å². The van der Waals surface area contributed by atoms with Gasteiger partial charge in [0, 0.05) is 6.42 Å². The molecule has 18 heavy (non-hydrogen) atoms. The minimum atomic E-state index is -4.71. The van der Waals surface area contributed by atoms with Crippen LogP contribution in [-0.4, -0.2) is 31.3 Å². The molecule has 0 saturated heterocycles. The summed E-state index contributed by atoms with van der Waals surface area (Å²) in [6, 6.07) is 0. The van der Waals surface area contributed by atoms with Crippen LogP contribution in [0.1, 0.15) is 58.3 Å². The number of carboxylic acids is 1. The van der Waals surface area contributed by atoms with Crippen molar-refractivity contribution in [3.05, 3.63) is 0 Å². The summed E-state index contributed by atoms with van der Waals surface area (Å²) in [5.74, 6) is -1.17. The lowest BCUT2D eigenvalue weighted by molar-refractivity contribution is -0.138. The Morgan fingerprint density at radius 3 is 2.11 bits per heavy atom. The van der Waals surface area contributed by atoms with Crippen LogP contribution in [0.15, 0.2) is 0 Å². The molecule has 6 nitrogen and oxygen atoms in total. The first-order valence-corrected chi connectivity index (χ1v) is 7.84. The van der Waals surface area contributed by atoms with Gasteiger partial charge in [0.25, 0.3) is 0 Å². The second-order valence-corrected chi connectivity index (χ2v) is 6.50. The Morgan fingerprint density at radius 2 is 1.67 bits per heavy atom. The van der Waals surface area contributed by atoms with E-state index in [1.165, 1.54) is 0 Å². The van der Waals surface area contributed by atoms with E-state index < -0.39 is 31.7 Å². The molecule has 108 valence electrons. The Labute approximate surface area is 107 Å². The summed E-state index contributed by atoms with van der Waals surface area (Å²) in [4.78, 5) is 28.7. The van der Waals surface area contributed by atoms with Gasteiger partial charge in [-0.3, -0.25) is 9.36 Å². The zero-order chi connectivity index (χ0) is 14.2. The van der Waals surface area contributed by atoms with Gasteiger partial charge in [0.2, 0.25) is 0 Å². The molecule has 0 radical (unpaired) electrons. The first kappa shape index (κ1) is 17.6. The molecule has 0 aliphatic rings. The number of rotatable bonds is 10. The molecule has 4 N–H and O–H groups in total. The van der Waals surface area contributed by atoms with Gasteiger partial charge < -0.3 is 20.0 Å². The number of carboxylic acid groups (broad SMARTS) is 1. The van der Waals surface area contributed by atoms with Crippen molar-refractivity contribution in [1.82, 2.24) is 0 Å². The van der Waals surface area contributed by atoms with E-state index in [1.807, 2.05) is 0 Å². The van der Waals surface area contributed by atoms with Crippen molar-refractivity contribution in [3.63, 3.8) is 0 Å². The number of hydrogen-bond donors (Lipinski definition) is 4. The quantitative estimate of drug-likeness (QED) is 0.360. The molecule has 0 aliphatic carbocycles. The molecule has 1 atom stereocenters. The van der Waals surface area contributed by atoms with E-state index >= 15 is 0 Å². The van der Waals surface area contributed by atoms with Crippen molar-refractivity contribution in [2.45, 2.75) is 63.6 Å². The molecule has 0 saturated carbocycles. The molecule has 0 heterocycles. The Bertz CT molecular complexity index is 300. The van der Waals surface area contributed by atoms with E-state index in [0.717, 1.165) is 25.7 Å².